The number of rotatable bonds is 9. The van der Waals surface area contributed by atoms with E-state index >= 15 is 0 Å². The van der Waals surface area contributed by atoms with Gasteiger partial charge in [0, 0.05) is 34.2 Å². The van der Waals surface area contributed by atoms with E-state index in [9.17, 15) is 34.6 Å². The van der Waals surface area contributed by atoms with Crippen molar-refractivity contribution in [2.24, 2.45) is 5.10 Å². The van der Waals surface area contributed by atoms with Crippen molar-refractivity contribution in [1.82, 2.24) is 15.7 Å². The number of non-ortho nitro benzene ring substituents is 1. The monoisotopic (exact) mass is 655 g/mol. The SMILES string of the molecule is C[N+](C)(C)CC(=O)N/N=C(\C(=O)NC1=C(Cl)C(=O)c2ccccc2C1=O)C(C#N)c1csc(-c2ccc([N+](=O)[O-])cc2)n1.[Cl-]. The molecule has 4 rings (SSSR count). The number of amides is 2. The van der Waals surface area contributed by atoms with Gasteiger partial charge in [0.05, 0.1) is 37.8 Å². The van der Waals surface area contributed by atoms with Gasteiger partial charge in [-0.2, -0.15) is 10.4 Å². The second-order valence-electron chi connectivity index (χ2n) is 10.3. The van der Waals surface area contributed by atoms with Crippen molar-refractivity contribution in [3.05, 3.63) is 91.6 Å². The van der Waals surface area contributed by atoms with Gasteiger partial charge in [0.1, 0.15) is 27.4 Å². The van der Waals surface area contributed by atoms with Gasteiger partial charge in [-0.05, 0) is 12.1 Å². The van der Waals surface area contributed by atoms with Gasteiger partial charge >= 0.3 is 0 Å². The number of carbonyl (C=O) groups is 4. The lowest BCUT2D eigenvalue weighted by Gasteiger charge is -2.22. The average Bonchev–Trinajstić information content (AvgIpc) is 3.45. The number of likely N-dealkylation sites (N-methyl/N-ethyl adjacent to an activating group) is 1. The molecule has 3 aromatic rings. The van der Waals surface area contributed by atoms with E-state index < -0.39 is 50.7 Å². The number of hydrogen-bond acceptors (Lipinski definition) is 10. The van der Waals surface area contributed by atoms with Gasteiger partial charge in [0.25, 0.3) is 17.5 Å². The normalized spacial score (nSPS) is 13.8. The van der Waals surface area contributed by atoms with E-state index in [1.165, 1.54) is 41.8 Å². The van der Waals surface area contributed by atoms with Gasteiger partial charge in [0.2, 0.25) is 11.6 Å². The third-order valence-electron chi connectivity index (χ3n) is 6.00. The van der Waals surface area contributed by atoms with Crippen LogP contribution in [0.2, 0.25) is 0 Å². The second kappa shape index (κ2) is 13.7. The Hall–Kier alpha value is -4.81. The van der Waals surface area contributed by atoms with Gasteiger partial charge in [-0.15, -0.1) is 11.3 Å². The van der Waals surface area contributed by atoms with Crippen LogP contribution in [-0.4, -0.2) is 71.2 Å². The van der Waals surface area contributed by atoms with E-state index in [4.69, 9.17) is 11.6 Å². The zero-order valence-electron chi connectivity index (χ0n) is 23.3. The predicted molar refractivity (Wildman–Crippen MR) is 157 cm³/mol. The van der Waals surface area contributed by atoms with Crippen LogP contribution in [0.3, 0.4) is 0 Å². The van der Waals surface area contributed by atoms with Crippen molar-refractivity contribution in [3.8, 4) is 16.6 Å². The smallest absolute Gasteiger partial charge is 0.295 e. The zero-order chi connectivity index (χ0) is 31.5. The molecule has 1 aromatic heterocycles. The highest BCUT2D eigenvalue weighted by Gasteiger charge is 2.35. The summed E-state index contributed by atoms with van der Waals surface area (Å²) in [6.45, 7) is -0.0165. The molecule has 1 unspecified atom stereocenters. The van der Waals surface area contributed by atoms with Crippen molar-refractivity contribution in [2.75, 3.05) is 27.7 Å². The quantitative estimate of drug-likeness (QED) is 0.141. The molecule has 16 heteroatoms. The van der Waals surface area contributed by atoms with Crippen LogP contribution in [-0.2, 0) is 9.59 Å². The minimum atomic E-state index is -1.44. The van der Waals surface area contributed by atoms with Crippen LogP contribution >= 0.6 is 22.9 Å². The summed E-state index contributed by atoms with van der Waals surface area (Å²) in [5.74, 6) is -4.46. The summed E-state index contributed by atoms with van der Waals surface area (Å²) in [5, 5.41) is 28.7. The molecule has 0 saturated carbocycles. The molecule has 0 bridgehead atoms. The van der Waals surface area contributed by atoms with E-state index in [0.29, 0.717) is 10.6 Å². The molecule has 2 N–H and O–H groups in total. The summed E-state index contributed by atoms with van der Waals surface area (Å²) in [7, 11) is 5.30. The van der Waals surface area contributed by atoms with Gasteiger partial charge in [-0.1, -0.05) is 35.9 Å². The molecule has 226 valence electrons. The Kier molecular flexibility index (Phi) is 10.5. The molecule has 0 saturated heterocycles. The highest BCUT2D eigenvalue weighted by molar-refractivity contribution is 7.13. The molecular formula is C28H23Cl2N7O6S. The summed E-state index contributed by atoms with van der Waals surface area (Å²) in [6, 6.07) is 13.5. The third kappa shape index (κ3) is 7.39. The first-order valence-corrected chi connectivity index (χ1v) is 13.7. The maximum absolute atomic E-state index is 13.6. The molecule has 1 aliphatic rings. The summed E-state index contributed by atoms with van der Waals surface area (Å²) in [6.07, 6.45) is 0. The number of nitro groups is 1. The highest BCUT2D eigenvalue weighted by atomic mass is 35.5. The second-order valence-corrected chi connectivity index (χ2v) is 11.5. The molecule has 2 aromatic carbocycles. The number of hydrazone groups is 1. The standard InChI is InChI=1S/C28H22ClN7O6S.ClH/c1-36(2,3)13-21(37)33-34-23(27(40)32-24-22(29)25(38)17-6-4-5-7-18(17)26(24)39)19(12-30)20-14-43-28(31-20)15-8-10-16(11-9-15)35(41)42;/h4-11,14,19H,13H2,1-3H3,(H-,32,33,37,38,40);1H. The minimum Gasteiger partial charge on any atom is -1.00 e. The Morgan fingerprint density at radius 1 is 1.11 bits per heavy atom. The molecule has 13 nitrogen and oxygen atoms in total. The molecule has 1 atom stereocenters. The Morgan fingerprint density at radius 2 is 1.73 bits per heavy atom. The first-order valence-electron chi connectivity index (χ1n) is 12.5. The fourth-order valence-electron chi connectivity index (χ4n) is 4.01. The van der Waals surface area contributed by atoms with Gasteiger partial charge in [-0.25, -0.2) is 10.4 Å². The lowest BCUT2D eigenvalue weighted by molar-refractivity contribution is -0.862. The number of hydrogen-bond donors (Lipinski definition) is 2. The van der Waals surface area contributed by atoms with Crippen molar-refractivity contribution in [2.45, 2.75) is 5.92 Å². The molecule has 0 fully saturated rings. The van der Waals surface area contributed by atoms with Crippen LogP contribution in [0.15, 0.2) is 69.7 Å². The number of allylic oxidation sites excluding steroid dienone is 2. The summed E-state index contributed by atoms with van der Waals surface area (Å²) < 4.78 is 0.244. The molecule has 1 aliphatic carbocycles. The topological polar surface area (TPSA) is 185 Å². The fraction of sp³-hybridized carbons (Fsp3) is 0.179. The number of nitriles is 1. The minimum absolute atomic E-state index is 0. The maximum atomic E-state index is 13.6. The lowest BCUT2D eigenvalue weighted by Crippen LogP contribution is -3.00. The molecule has 2 amide bonds. The Morgan fingerprint density at radius 3 is 2.30 bits per heavy atom. The first kappa shape index (κ1) is 33.7. The van der Waals surface area contributed by atoms with Gasteiger partial charge in [0.15, 0.2) is 6.54 Å². The molecule has 44 heavy (non-hydrogen) atoms. The Labute approximate surface area is 266 Å². The predicted octanol–water partition coefficient (Wildman–Crippen LogP) is 0.154. The number of benzene rings is 2. The number of thiazole rings is 1. The molecular weight excluding hydrogens is 633 g/mol. The van der Waals surface area contributed by atoms with Gasteiger partial charge < -0.3 is 22.2 Å². The van der Waals surface area contributed by atoms with Crippen LogP contribution in [0.25, 0.3) is 10.6 Å². The molecule has 0 radical (unpaired) electrons. The van der Waals surface area contributed by atoms with E-state index in [1.807, 2.05) is 6.07 Å². The van der Waals surface area contributed by atoms with Crippen LogP contribution in [0.4, 0.5) is 5.69 Å². The van der Waals surface area contributed by atoms with E-state index in [2.05, 4.69) is 20.8 Å². The molecule has 0 aliphatic heterocycles. The Bertz CT molecular complexity index is 1770. The number of fused-ring (bicyclic) bond motifs is 1. The summed E-state index contributed by atoms with van der Waals surface area (Å²) >= 11 is 7.32. The maximum Gasteiger partial charge on any atom is 0.295 e. The van der Waals surface area contributed by atoms with Crippen molar-refractivity contribution in [1.29, 1.82) is 5.26 Å². The largest absolute Gasteiger partial charge is 1.00 e. The number of aromatic nitrogens is 1. The van der Waals surface area contributed by atoms with Crippen LogP contribution in [0.5, 0.6) is 0 Å². The number of quaternary nitrogens is 1. The van der Waals surface area contributed by atoms with E-state index in [0.717, 1.165) is 11.3 Å². The number of Topliss-reactive ketones (excluding diaryl/α,β-unsaturated/α-hetero) is 2. The number of nitrogens with zero attached hydrogens (tertiary/aromatic N) is 5. The summed E-state index contributed by atoms with van der Waals surface area (Å²) in [5.41, 5.74) is 1.87. The van der Waals surface area contributed by atoms with Crippen LogP contribution in [0.1, 0.15) is 32.3 Å². The number of halogens is 2. The number of nitro benzene ring substituents is 1. The Balaban J connectivity index is 0.00000529. The van der Waals surface area contributed by atoms with E-state index in [-0.39, 0.29) is 45.9 Å². The number of ketones is 2. The lowest BCUT2D eigenvalue weighted by atomic mass is 9.92. The number of carbonyl (C=O) groups excluding carboxylic acids is 4. The first-order chi connectivity index (χ1) is 20.3. The van der Waals surface area contributed by atoms with Crippen molar-refractivity contribution >= 4 is 57.7 Å². The zero-order valence-corrected chi connectivity index (χ0v) is 25.7. The molecule has 1 heterocycles. The van der Waals surface area contributed by atoms with E-state index in [1.54, 1.807) is 33.3 Å². The fourth-order valence-corrected chi connectivity index (χ4v) is 5.10. The summed E-state index contributed by atoms with van der Waals surface area (Å²) in [4.78, 5) is 66.9. The molecule has 0 spiro atoms. The van der Waals surface area contributed by atoms with Crippen molar-refractivity contribution in [3.63, 3.8) is 0 Å². The van der Waals surface area contributed by atoms with Crippen molar-refractivity contribution < 1.29 is 41.0 Å². The van der Waals surface area contributed by atoms with Crippen LogP contribution < -0.4 is 23.1 Å². The number of nitrogens with one attached hydrogen (secondary N) is 2. The third-order valence-corrected chi connectivity index (χ3v) is 7.27. The highest BCUT2D eigenvalue weighted by Crippen LogP contribution is 2.30. The van der Waals surface area contributed by atoms with Gasteiger partial charge in [-0.3, -0.25) is 29.3 Å². The average molecular weight is 657 g/mol. The van der Waals surface area contributed by atoms with Crippen LogP contribution in [0, 0.1) is 21.4 Å².